The van der Waals surface area contributed by atoms with Crippen LogP contribution in [0.3, 0.4) is 0 Å². The van der Waals surface area contributed by atoms with Gasteiger partial charge in [-0.3, -0.25) is 14.4 Å². The molecule has 2 amide bonds. The molecule has 0 aliphatic heterocycles. The SMILES string of the molecule is CC(=O)Nc1ccc(C(=O)N(CC(=O)O)CC(C)C)s1. The molecular weight excluding hydrogens is 280 g/mol. The number of thiophene rings is 1. The van der Waals surface area contributed by atoms with Crippen LogP contribution in [0.2, 0.25) is 0 Å². The number of carbonyl (C=O) groups is 3. The lowest BCUT2D eigenvalue weighted by atomic mass is 10.2. The van der Waals surface area contributed by atoms with Crippen molar-refractivity contribution in [2.75, 3.05) is 18.4 Å². The fourth-order valence-electron chi connectivity index (χ4n) is 1.67. The van der Waals surface area contributed by atoms with E-state index in [0.29, 0.717) is 16.4 Å². The molecular formula is C13H18N2O4S. The number of carboxylic acid groups (broad SMARTS) is 1. The fourth-order valence-corrected chi connectivity index (χ4v) is 2.59. The molecule has 110 valence electrons. The second-order valence-electron chi connectivity index (χ2n) is 4.82. The van der Waals surface area contributed by atoms with E-state index in [1.165, 1.54) is 11.8 Å². The summed E-state index contributed by atoms with van der Waals surface area (Å²) in [4.78, 5) is 35.8. The van der Waals surface area contributed by atoms with Crippen molar-refractivity contribution < 1.29 is 19.5 Å². The predicted octanol–water partition coefficient (Wildman–Crippen LogP) is 1.89. The van der Waals surface area contributed by atoms with Crippen LogP contribution in [0.1, 0.15) is 30.4 Å². The van der Waals surface area contributed by atoms with Crippen LogP contribution in [0.4, 0.5) is 5.00 Å². The van der Waals surface area contributed by atoms with Crippen LogP contribution in [-0.2, 0) is 9.59 Å². The molecule has 0 fully saturated rings. The van der Waals surface area contributed by atoms with Crippen LogP contribution in [0.15, 0.2) is 12.1 Å². The van der Waals surface area contributed by atoms with Crippen molar-refractivity contribution in [1.82, 2.24) is 4.90 Å². The van der Waals surface area contributed by atoms with E-state index in [4.69, 9.17) is 5.11 Å². The van der Waals surface area contributed by atoms with Crippen molar-refractivity contribution in [1.29, 1.82) is 0 Å². The number of carbonyl (C=O) groups excluding carboxylic acids is 2. The summed E-state index contributed by atoms with van der Waals surface area (Å²) in [7, 11) is 0. The molecule has 1 aromatic rings. The van der Waals surface area contributed by atoms with Gasteiger partial charge in [-0.05, 0) is 18.1 Å². The summed E-state index contributed by atoms with van der Waals surface area (Å²) in [5, 5.41) is 12.0. The van der Waals surface area contributed by atoms with E-state index in [0.717, 1.165) is 11.3 Å². The maximum atomic E-state index is 12.3. The molecule has 0 aromatic carbocycles. The van der Waals surface area contributed by atoms with Crippen LogP contribution in [0.25, 0.3) is 0 Å². The van der Waals surface area contributed by atoms with Crippen LogP contribution >= 0.6 is 11.3 Å². The smallest absolute Gasteiger partial charge is 0.323 e. The summed E-state index contributed by atoms with van der Waals surface area (Å²) >= 11 is 1.14. The van der Waals surface area contributed by atoms with Gasteiger partial charge in [-0.1, -0.05) is 13.8 Å². The number of carboxylic acids is 1. The lowest BCUT2D eigenvalue weighted by Crippen LogP contribution is -2.37. The minimum absolute atomic E-state index is 0.174. The molecule has 0 aliphatic carbocycles. The first kappa shape index (κ1) is 16.2. The summed E-state index contributed by atoms with van der Waals surface area (Å²) in [6.07, 6.45) is 0. The monoisotopic (exact) mass is 298 g/mol. The van der Waals surface area contributed by atoms with Crippen LogP contribution in [-0.4, -0.2) is 40.9 Å². The predicted molar refractivity (Wildman–Crippen MR) is 77.0 cm³/mol. The molecule has 20 heavy (non-hydrogen) atoms. The van der Waals surface area contributed by atoms with Gasteiger partial charge in [0.2, 0.25) is 5.91 Å². The Morgan fingerprint density at radius 1 is 1.35 bits per heavy atom. The highest BCUT2D eigenvalue weighted by molar-refractivity contribution is 7.18. The van der Waals surface area contributed by atoms with Crippen LogP contribution in [0, 0.1) is 5.92 Å². The Bertz CT molecular complexity index is 510. The normalized spacial score (nSPS) is 10.4. The fraction of sp³-hybridized carbons (Fsp3) is 0.462. The Kier molecular flexibility index (Phi) is 5.69. The van der Waals surface area contributed by atoms with Gasteiger partial charge in [0.15, 0.2) is 0 Å². The summed E-state index contributed by atoms with van der Waals surface area (Å²) in [6, 6.07) is 3.22. The molecule has 2 N–H and O–H groups in total. The van der Waals surface area contributed by atoms with Gasteiger partial charge in [0.05, 0.1) is 9.88 Å². The molecule has 0 atom stereocenters. The molecule has 0 spiro atoms. The third-order valence-electron chi connectivity index (χ3n) is 2.31. The van der Waals surface area contributed by atoms with Gasteiger partial charge in [0.25, 0.3) is 5.91 Å². The molecule has 1 heterocycles. The third kappa shape index (κ3) is 5.00. The van der Waals surface area contributed by atoms with E-state index in [1.54, 1.807) is 12.1 Å². The molecule has 7 heteroatoms. The zero-order chi connectivity index (χ0) is 15.3. The van der Waals surface area contributed by atoms with Gasteiger partial charge in [0.1, 0.15) is 6.54 Å². The quantitative estimate of drug-likeness (QED) is 0.839. The standard InChI is InChI=1S/C13H18N2O4S/c1-8(2)6-15(7-12(17)18)13(19)10-4-5-11(20-10)14-9(3)16/h4-5,8H,6-7H2,1-3H3,(H,14,16)(H,17,18). The zero-order valence-corrected chi connectivity index (χ0v) is 12.5. The van der Waals surface area contributed by atoms with Gasteiger partial charge in [0, 0.05) is 13.5 Å². The number of rotatable bonds is 6. The lowest BCUT2D eigenvalue weighted by molar-refractivity contribution is -0.137. The second-order valence-corrected chi connectivity index (χ2v) is 5.90. The molecule has 1 rings (SSSR count). The number of hydrogen-bond acceptors (Lipinski definition) is 4. The van der Waals surface area contributed by atoms with E-state index in [1.807, 2.05) is 13.8 Å². The van der Waals surface area contributed by atoms with Crippen LogP contribution < -0.4 is 5.32 Å². The van der Waals surface area contributed by atoms with Crippen molar-refractivity contribution in [2.45, 2.75) is 20.8 Å². The first-order valence-electron chi connectivity index (χ1n) is 6.18. The number of anilines is 1. The molecule has 0 aliphatic rings. The van der Waals surface area contributed by atoms with Crippen molar-refractivity contribution in [3.05, 3.63) is 17.0 Å². The minimum atomic E-state index is -1.04. The topological polar surface area (TPSA) is 86.7 Å². The van der Waals surface area contributed by atoms with Crippen molar-refractivity contribution >= 4 is 34.1 Å². The summed E-state index contributed by atoms with van der Waals surface area (Å²) in [5.41, 5.74) is 0. The zero-order valence-electron chi connectivity index (χ0n) is 11.7. The molecule has 6 nitrogen and oxygen atoms in total. The maximum Gasteiger partial charge on any atom is 0.323 e. The maximum absolute atomic E-state index is 12.3. The number of nitrogens with one attached hydrogen (secondary N) is 1. The Hall–Kier alpha value is -1.89. The number of hydrogen-bond donors (Lipinski definition) is 2. The number of nitrogens with zero attached hydrogens (tertiary/aromatic N) is 1. The van der Waals surface area contributed by atoms with Gasteiger partial charge in [-0.25, -0.2) is 0 Å². The second kappa shape index (κ2) is 7.04. The molecule has 0 saturated carbocycles. The van der Waals surface area contributed by atoms with Gasteiger partial charge < -0.3 is 15.3 Å². The van der Waals surface area contributed by atoms with E-state index < -0.39 is 5.97 Å². The number of aliphatic carboxylic acids is 1. The first-order valence-corrected chi connectivity index (χ1v) is 6.99. The van der Waals surface area contributed by atoms with Crippen molar-refractivity contribution in [3.63, 3.8) is 0 Å². The largest absolute Gasteiger partial charge is 0.480 e. The summed E-state index contributed by atoms with van der Waals surface area (Å²) in [6.45, 7) is 5.26. The summed E-state index contributed by atoms with van der Waals surface area (Å²) in [5.74, 6) is -1.41. The third-order valence-corrected chi connectivity index (χ3v) is 3.30. The lowest BCUT2D eigenvalue weighted by Gasteiger charge is -2.21. The van der Waals surface area contributed by atoms with Gasteiger partial charge in [-0.2, -0.15) is 0 Å². The van der Waals surface area contributed by atoms with E-state index in [2.05, 4.69) is 5.32 Å². The van der Waals surface area contributed by atoms with Gasteiger partial charge >= 0.3 is 5.97 Å². The Balaban J connectivity index is 2.85. The molecule has 0 saturated heterocycles. The van der Waals surface area contributed by atoms with E-state index in [9.17, 15) is 14.4 Å². The highest BCUT2D eigenvalue weighted by Gasteiger charge is 2.21. The molecule has 0 bridgehead atoms. The van der Waals surface area contributed by atoms with Crippen molar-refractivity contribution in [3.8, 4) is 0 Å². The molecule has 0 radical (unpaired) electrons. The number of amides is 2. The first-order chi connectivity index (χ1) is 9.29. The summed E-state index contributed by atoms with van der Waals surface area (Å²) < 4.78 is 0. The molecule has 1 aromatic heterocycles. The highest BCUT2D eigenvalue weighted by Crippen LogP contribution is 2.23. The Labute approximate surface area is 121 Å². The van der Waals surface area contributed by atoms with Crippen molar-refractivity contribution in [2.24, 2.45) is 5.92 Å². The van der Waals surface area contributed by atoms with E-state index >= 15 is 0 Å². The average molecular weight is 298 g/mol. The van der Waals surface area contributed by atoms with Gasteiger partial charge in [-0.15, -0.1) is 11.3 Å². The van der Waals surface area contributed by atoms with Crippen LogP contribution in [0.5, 0.6) is 0 Å². The highest BCUT2D eigenvalue weighted by atomic mass is 32.1. The van der Waals surface area contributed by atoms with E-state index in [-0.39, 0.29) is 24.3 Å². The minimum Gasteiger partial charge on any atom is -0.480 e. The molecule has 0 unspecified atom stereocenters. The average Bonchev–Trinajstić information content (AvgIpc) is 2.73. The Morgan fingerprint density at radius 3 is 2.50 bits per heavy atom. The Morgan fingerprint density at radius 2 is 2.00 bits per heavy atom.